The molecule has 0 aliphatic heterocycles. The Kier molecular flexibility index (Phi) is 3.92. The lowest BCUT2D eigenvalue weighted by Gasteiger charge is -2.03. The SMILES string of the molecule is CNC(=O)c1cccc(CSc2nc3ccccc3[nH]2)c1. The van der Waals surface area contributed by atoms with Crippen LogP contribution >= 0.6 is 11.8 Å². The second kappa shape index (κ2) is 6.01. The predicted molar refractivity (Wildman–Crippen MR) is 85.5 cm³/mol. The molecule has 2 N–H and O–H groups in total. The number of H-pyrrole nitrogens is 1. The number of amides is 1. The molecule has 1 aromatic heterocycles. The largest absolute Gasteiger partial charge is 0.355 e. The standard InChI is InChI=1S/C16H15N3OS/c1-17-15(20)12-6-4-5-11(9-12)10-21-16-18-13-7-2-3-8-14(13)19-16/h2-9H,10H2,1H3,(H,17,20)(H,18,19). The Balaban J connectivity index is 1.73. The molecule has 0 unspecified atom stereocenters. The predicted octanol–water partition coefficient (Wildman–Crippen LogP) is 3.21. The van der Waals surface area contributed by atoms with Crippen LogP contribution in [0.1, 0.15) is 15.9 Å². The summed E-state index contributed by atoms with van der Waals surface area (Å²) in [6.45, 7) is 0. The first-order chi connectivity index (χ1) is 10.3. The Morgan fingerprint density at radius 3 is 2.90 bits per heavy atom. The zero-order chi connectivity index (χ0) is 14.7. The molecule has 0 saturated heterocycles. The van der Waals surface area contributed by atoms with E-state index in [1.807, 2.05) is 48.5 Å². The fourth-order valence-corrected chi connectivity index (χ4v) is 2.92. The first-order valence-corrected chi connectivity index (χ1v) is 7.63. The number of imidazole rings is 1. The van der Waals surface area contributed by atoms with E-state index in [0.29, 0.717) is 5.56 Å². The molecule has 3 aromatic rings. The van der Waals surface area contributed by atoms with Crippen LogP contribution in [0, 0.1) is 0 Å². The van der Waals surface area contributed by atoms with Gasteiger partial charge in [0.15, 0.2) is 5.16 Å². The van der Waals surface area contributed by atoms with E-state index in [4.69, 9.17) is 0 Å². The van der Waals surface area contributed by atoms with Gasteiger partial charge >= 0.3 is 0 Å². The van der Waals surface area contributed by atoms with Crippen molar-refractivity contribution in [2.75, 3.05) is 7.05 Å². The number of carbonyl (C=O) groups is 1. The van der Waals surface area contributed by atoms with Gasteiger partial charge in [-0.25, -0.2) is 4.98 Å². The Labute approximate surface area is 127 Å². The molecule has 0 radical (unpaired) electrons. The lowest BCUT2D eigenvalue weighted by atomic mass is 10.1. The molecule has 5 heteroatoms. The maximum Gasteiger partial charge on any atom is 0.251 e. The summed E-state index contributed by atoms with van der Waals surface area (Å²) in [7, 11) is 1.64. The second-order valence-corrected chi connectivity index (χ2v) is 5.59. The Morgan fingerprint density at radius 2 is 2.10 bits per heavy atom. The summed E-state index contributed by atoms with van der Waals surface area (Å²) in [4.78, 5) is 19.4. The van der Waals surface area contributed by atoms with E-state index in [2.05, 4.69) is 15.3 Å². The van der Waals surface area contributed by atoms with Crippen molar-refractivity contribution in [1.82, 2.24) is 15.3 Å². The number of benzene rings is 2. The van der Waals surface area contributed by atoms with Gasteiger partial charge in [-0.1, -0.05) is 36.0 Å². The van der Waals surface area contributed by atoms with Gasteiger partial charge in [0.1, 0.15) is 0 Å². The highest BCUT2D eigenvalue weighted by atomic mass is 32.2. The molecule has 3 rings (SSSR count). The first kappa shape index (κ1) is 13.7. The van der Waals surface area contributed by atoms with Gasteiger partial charge in [0.2, 0.25) is 0 Å². The molecule has 4 nitrogen and oxygen atoms in total. The minimum atomic E-state index is -0.0643. The number of hydrogen-bond acceptors (Lipinski definition) is 3. The van der Waals surface area contributed by atoms with Crippen LogP contribution < -0.4 is 5.32 Å². The minimum Gasteiger partial charge on any atom is -0.355 e. The maximum absolute atomic E-state index is 11.6. The summed E-state index contributed by atoms with van der Waals surface area (Å²) in [5.41, 5.74) is 3.79. The Hall–Kier alpha value is -2.27. The number of fused-ring (bicyclic) bond motifs is 1. The van der Waals surface area contributed by atoms with Crippen LogP contribution in [0.5, 0.6) is 0 Å². The van der Waals surface area contributed by atoms with Gasteiger partial charge in [0.25, 0.3) is 5.91 Å². The quantitative estimate of drug-likeness (QED) is 0.727. The van der Waals surface area contributed by atoms with Crippen molar-refractivity contribution in [2.45, 2.75) is 10.9 Å². The van der Waals surface area contributed by atoms with E-state index in [-0.39, 0.29) is 5.91 Å². The third kappa shape index (κ3) is 3.08. The monoisotopic (exact) mass is 297 g/mol. The first-order valence-electron chi connectivity index (χ1n) is 6.65. The molecule has 2 aromatic carbocycles. The molecule has 1 amide bonds. The highest BCUT2D eigenvalue weighted by Gasteiger charge is 2.06. The summed E-state index contributed by atoms with van der Waals surface area (Å²) in [6, 6.07) is 15.6. The second-order valence-electron chi connectivity index (χ2n) is 4.63. The van der Waals surface area contributed by atoms with Crippen LogP contribution in [0.2, 0.25) is 0 Å². The van der Waals surface area contributed by atoms with Crippen LogP contribution in [0.15, 0.2) is 53.7 Å². The number of rotatable bonds is 4. The van der Waals surface area contributed by atoms with Crippen molar-refractivity contribution < 1.29 is 4.79 Å². The van der Waals surface area contributed by atoms with E-state index in [1.54, 1.807) is 18.8 Å². The van der Waals surface area contributed by atoms with Crippen molar-refractivity contribution >= 4 is 28.7 Å². The molecule has 1 heterocycles. The number of carbonyl (C=O) groups excluding carboxylic acids is 1. The highest BCUT2D eigenvalue weighted by molar-refractivity contribution is 7.98. The van der Waals surface area contributed by atoms with Crippen LogP contribution in [-0.2, 0) is 5.75 Å². The number of nitrogens with zero attached hydrogens (tertiary/aromatic N) is 1. The van der Waals surface area contributed by atoms with Crippen molar-refractivity contribution in [3.05, 3.63) is 59.7 Å². The summed E-state index contributed by atoms with van der Waals surface area (Å²) in [5.74, 6) is 0.704. The summed E-state index contributed by atoms with van der Waals surface area (Å²) in [5, 5.41) is 3.53. The minimum absolute atomic E-state index is 0.0643. The molecule has 0 bridgehead atoms. The van der Waals surface area contributed by atoms with E-state index < -0.39 is 0 Å². The number of nitrogens with one attached hydrogen (secondary N) is 2. The lowest BCUT2D eigenvalue weighted by Crippen LogP contribution is -2.17. The lowest BCUT2D eigenvalue weighted by molar-refractivity contribution is 0.0963. The third-order valence-corrected chi connectivity index (χ3v) is 4.10. The highest BCUT2D eigenvalue weighted by Crippen LogP contribution is 2.23. The van der Waals surface area contributed by atoms with Gasteiger partial charge in [-0.2, -0.15) is 0 Å². The molecular weight excluding hydrogens is 282 g/mol. The number of aromatic amines is 1. The van der Waals surface area contributed by atoms with E-state index in [1.165, 1.54) is 0 Å². The van der Waals surface area contributed by atoms with Crippen molar-refractivity contribution in [3.63, 3.8) is 0 Å². The zero-order valence-corrected chi connectivity index (χ0v) is 12.4. The average Bonchev–Trinajstić information content (AvgIpc) is 2.95. The topological polar surface area (TPSA) is 57.8 Å². The van der Waals surface area contributed by atoms with Gasteiger partial charge in [0, 0.05) is 18.4 Å². The van der Waals surface area contributed by atoms with Gasteiger partial charge < -0.3 is 10.3 Å². The number of aromatic nitrogens is 2. The molecule has 0 fully saturated rings. The summed E-state index contributed by atoms with van der Waals surface area (Å²) >= 11 is 1.63. The zero-order valence-electron chi connectivity index (χ0n) is 11.6. The fraction of sp³-hybridized carbons (Fsp3) is 0.125. The molecule has 106 valence electrons. The van der Waals surface area contributed by atoms with Crippen molar-refractivity contribution in [2.24, 2.45) is 0 Å². The Bertz CT molecular complexity index is 749. The van der Waals surface area contributed by atoms with Crippen LogP contribution in [-0.4, -0.2) is 22.9 Å². The van der Waals surface area contributed by atoms with E-state index >= 15 is 0 Å². The molecule has 0 saturated carbocycles. The van der Waals surface area contributed by atoms with Gasteiger partial charge in [0.05, 0.1) is 11.0 Å². The normalized spacial score (nSPS) is 10.7. The number of thioether (sulfide) groups is 1. The fourth-order valence-electron chi connectivity index (χ4n) is 2.10. The molecular formula is C16H15N3OS. The number of hydrogen-bond donors (Lipinski definition) is 2. The van der Waals surface area contributed by atoms with Gasteiger partial charge in [-0.3, -0.25) is 4.79 Å². The van der Waals surface area contributed by atoms with Crippen LogP contribution in [0.3, 0.4) is 0 Å². The third-order valence-electron chi connectivity index (χ3n) is 3.16. The molecule has 0 atom stereocenters. The van der Waals surface area contributed by atoms with Gasteiger partial charge in [-0.15, -0.1) is 0 Å². The Morgan fingerprint density at radius 1 is 1.24 bits per heavy atom. The van der Waals surface area contributed by atoms with Crippen molar-refractivity contribution in [3.8, 4) is 0 Å². The molecule has 0 spiro atoms. The van der Waals surface area contributed by atoms with E-state index in [9.17, 15) is 4.79 Å². The summed E-state index contributed by atoms with van der Waals surface area (Å²) < 4.78 is 0. The molecule has 0 aliphatic carbocycles. The average molecular weight is 297 g/mol. The maximum atomic E-state index is 11.6. The smallest absolute Gasteiger partial charge is 0.251 e. The molecule has 21 heavy (non-hydrogen) atoms. The van der Waals surface area contributed by atoms with E-state index in [0.717, 1.165) is 27.5 Å². The van der Waals surface area contributed by atoms with Crippen LogP contribution in [0.25, 0.3) is 11.0 Å². The molecule has 0 aliphatic rings. The number of para-hydroxylation sites is 2. The van der Waals surface area contributed by atoms with Crippen molar-refractivity contribution in [1.29, 1.82) is 0 Å². The van der Waals surface area contributed by atoms with Crippen LogP contribution in [0.4, 0.5) is 0 Å². The van der Waals surface area contributed by atoms with Gasteiger partial charge in [-0.05, 0) is 29.8 Å². The summed E-state index contributed by atoms with van der Waals surface area (Å²) in [6.07, 6.45) is 0.